The number of hydrogen-bond donors (Lipinski definition) is 7. The summed E-state index contributed by atoms with van der Waals surface area (Å²) in [5, 5.41) is 67.8. The zero-order chi connectivity index (χ0) is 76.3. The molecule has 3 amide bonds. The molecule has 26 heteroatoms. The quantitative estimate of drug-likeness (QED) is 0.0143. The van der Waals surface area contributed by atoms with Gasteiger partial charge in [-0.3, -0.25) is 33.7 Å². The molecule has 2 aliphatic heterocycles. The molecule has 4 fully saturated rings. The zero-order valence-corrected chi connectivity index (χ0v) is 61.1. The summed E-state index contributed by atoms with van der Waals surface area (Å²) >= 11 is 0. The van der Waals surface area contributed by atoms with E-state index in [1.165, 1.54) is 89.3 Å². The summed E-state index contributed by atoms with van der Waals surface area (Å²) in [4.78, 5) is 145. The number of nitrogens with zero attached hydrogens (tertiary/aromatic N) is 1. The minimum absolute atomic E-state index is 0.0279. The van der Waals surface area contributed by atoms with Crippen molar-refractivity contribution in [1.29, 1.82) is 0 Å². The predicted molar refractivity (Wildman–Crippen MR) is 373 cm³/mol. The van der Waals surface area contributed by atoms with Gasteiger partial charge in [-0.1, -0.05) is 107 Å². The number of ketones is 4. The normalized spacial score (nSPS) is 26.4. The molecule has 5 aliphatic rings. The van der Waals surface area contributed by atoms with Crippen LogP contribution in [0.5, 0.6) is 11.5 Å². The Morgan fingerprint density at radius 2 is 1.44 bits per heavy atom. The average Bonchev–Trinajstić information content (AvgIpc) is 0.668. The summed E-state index contributed by atoms with van der Waals surface area (Å²) in [5.41, 5.74) is -9.49. The molecule has 4 aromatic carbocycles. The third-order valence-electron chi connectivity index (χ3n) is 21.7. The van der Waals surface area contributed by atoms with Crippen molar-refractivity contribution in [1.82, 2.24) is 10.2 Å². The number of aliphatic hydroxyl groups is 5. The maximum Gasteiger partial charge on any atom is 0.411 e. The number of alkyl carbamates (subject to hydrolysis) is 1. The van der Waals surface area contributed by atoms with E-state index in [4.69, 9.17) is 37.9 Å². The molecule has 26 nitrogen and oxygen atoms in total. The number of allylic oxidation sites excluding steroid dienone is 1. The van der Waals surface area contributed by atoms with Crippen LogP contribution < -0.4 is 20.1 Å². The van der Waals surface area contributed by atoms with Crippen molar-refractivity contribution in [3.63, 3.8) is 0 Å². The number of aryl methyl sites for hydroxylation is 1. The molecule has 2 saturated heterocycles. The smallest absolute Gasteiger partial charge is 0.411 e. The Balaban J connectivity index is 1.04. The Bertz CT molecular complexity index is 3940. The van der Waals surface area contributed by atoms with Crippen molar-refractivity contribution < 1.29 is 111 Å². The van der Waals surface area contributed by atoms with E-state index in [1.807, 2.05) is 0 Å². The van der Waals surface area contributed by atoms with Crippen molar-refractivity contribution in [2.24, 2.45) is 28.1 Å². The number of fused-ring (bicyclic) bond motifs is 5. The van der Waals surface area contributed by atoms with Crippen molar-refractivity contribution in [2.45, 2.75) is 212 Å². The first kappa shape index (κ1) is 79.2. The van der Waals surface area contributed by atoms with Crippen LogP contribution in [-0.4, -0.2) is 183 Å². The highest BCUT2D eigenvalue weighted by Crippen LogP contribution is 2.65. The number of rotatable bonds is 25. The summed E-state index contributed by atoms with van der Waals surface area (Å²) in [6, 6.07) is 24.4. The number of piperidine rings is 1. The number of carbonyl (C=O) groups is 10. The number of carbonyl (C=O) groups excluding carboxylic acids is 10. The van der Waals surface area contributed by atoms with Gasteiger partial charge in [0.1, 0.15) is 53.9 Å². The molecule has 2 heterocycles. The summed E-state index contributed by atoms with van der Waals surface area (Å²) in [7, 11) is 2.97. The molecule has 104 heavy (non-hydrogen) atoms. The third-order valence-corrected chi connectivity index (χ3v) is 21.7. The van der Waals surface area contributed by atoms with E-state index in [9.17, 15) is 68.7 Å². The Morgan fingerprint density at radius 1 is 0.788 bits per heavy atom. The fourth-order valence-corrected chi connectivity index (χ4v) is 15.5. The van der Waals surface area contributed by atoms with E-state index in [1.54, 1.807) is 102 Å². The zero-order valence-electron chi connectivity index (χ0n) is 61.1. The van der Waals surface area contributed by atoms with Gasteiger partial charge in [0.05, 0.1) is 43.8 Å². The number of nitrogens with one attached hydrogen (secondary N) is 2. The lowest BCUT2D eigenvalue weighted by Gasteiger charge is -2.67. The van der Waals surface area contributed by atoms with Crippen LogP contribution in [0.2, 0.25) is 0 Å². The molecule has 7 N–H and O–H groups in total. The van der Waals surface area contributed by atoms with Crippen LogP contribution in [0.4, 0.5) is 15.3 Å². The lowest BCUT2D eigenvalue weighted by Crippen LogP contribution is -2.82. The van der Waals surface area contributed by atoms with Gasteiger partial charge in [0.25, 0.3) is 5.91 Å². The molecular weight excluding hydrogens is 1350 g/mol. The lowest BCUT2D eigenvalue weighted by atomic mass is 9.44. The van der Waals surface area contributed by atoms with Crippen LogP contribution in [0, 0.1) is 28.1 Å². The summed E-state index contributed by atoms with van der Waals surface area (Å²) in [6.07, 6.45) is -17.4. The second-order valence-corrected chi connectivity index (χ2v) is 30.2. The van der Waals surface area contributed by atoms with Crippen LogP contribution in [-0.2, 0) is 68.4 Å². The van der Waals surface area contributed by atoms with Gasteiger partial charge in [-0.25, -0.2) is 19.2 Å². The second kappa shape index (κ2) is 31.4. The molecule has 3 aliphatic carbocycles. The number of amides is 3. The van der Waals surface area contributed by atoms with Gasteiger partial charge in [-0.15, -0.1) is 0 Å². The number of hydrogen-bond acceptors (Lipinski definition) is 23. The van der Waals surface area contributed by atoms with Gasteiger partial charge < -0.3 is 74.1 Å². The van der Waals surface area contributed by atoms with Gasteiger partial charge in [0.15, 0.2) is 40.9 Å². The molecule has 15 atom stereocenters. The number of anilines is 1. The number of esters is 3. The van der Waals surface area contributed by atoms with Crippen LogP contribution >= 0.6 is 0 Å². The van der Waals surface area contributed by atoms with Crippen LogP contribution in [0.15, 0.2) is 114 Å². The van der Waals surface area contributed by atoms with Crippen molar-refractivity contribution in [3.05, 3.63) is 137 Å². The summed E-state index contributed by atoms with van der Waals surface area (Å²) in [5.74, 6) is -10.5. The van der Waals surface area contributed by atoms with Crippen LogP contribution in [0.25, 0.3) is 0 Å². The third kappa shape index (κ3) is 15.9. The number of likely N-dealkylation sites (tertiary alicyclic amines) is 1. The minimum Gasteiger partial charge on any atom is -0.493 e. The number of ether oxygens (including phenoxy) is 8. The van der Waals surface area contributed by atoms with Crippen molar-refractivity contribution >= 4 is 64.8 Å². The monoisotopic (exact) mass is 1440 g/mol. The number of aliphatic hydroxyl groups excluding tert-OH is 4. The molecule has 4 unspecified atom stereocenters. The molecule has 0 spiro atoms. The van der Waals surface area contributed by atoms with E-state index in [0.29, 0.717) is 41.9 Å². The molecule has 0 radical (unpaired) electrons. The first-order valence-electron chi connectivity index (χ1n) is 35.1. The molecule has 0 aromatic heterocycles. The molecule has 9 rings (SSSR count). The largest absolute Gasteiger partial charge is 0.493 e. The number of benzene rings is 4. The Hall–Kier alpha value is -8.92. The number of methoxy groups -OCH3 is 2. The minimum atomic E-state index is -2.74. The Labute approximate surface area is 604 Å². The predicted octanol–water partition coefficient (Wildman–Crippen LogP) is 8.09. The summed E-state index contributed by atoms with van der Waals surface area (Å²) < 4.78 is 47.7. The summed E-state index contributed by atoms with van der Waals surface area (Å²) in [6.45, 7) is 16.5. The molecule has 2 bridgehead atoms. The maximum atomic E-state index is 16.2. The Kier molecular flexibility index (Phi) is 23.9. The highest BCUT2D eigenvalue weighted by Gasteiger charge is 2.79. The van der Waals surface area contributed by atoms with E-state index in [0.717, 1.165) is 12.5 Å². The van der Waals surface area contributed by atoms with E-state index < -0.39 is 191 Å². The first-order chi connectivity index (χ1) is 48.9. The Morgan fingerprint density at radius 3 is 2.06 bits per heavy atom. The van der Waals surface area contributed by atoms with E-state index in [-0.39, 0.29) is 48.2 Å². The van der Waals surface area contributed by atoms with Crippen LogP contribution in [0.1, 0.15) is 167 Å². The average molecular weight is 1440 g/mol. The van der Waals surface area contributed by atoms with Crippen molar-refractivity contribution in [2.75, 3.05) is 32.7 Å². The highest BCUT2D eigenvalue weighted by molar-refractivity contribution is 6.41. The van der Waals surface area contributed by atoms with E-state index >= 15 is 4.79 Å². The van der Waals surface area contributed by atoms with Gasteiger partial charge in [0, 0.05) is 42.8 Å². The second-order valence-electron chi connectivity index (χ2n) is 30.2. The van der Waals surface area contributed by atoms with E-state index in [2.05, 4.69) is 10.6 Å². The molecule has 562 valence electrons. The van der Waals surface area contributed by atoms with Gasteiger partial charge in [-0.2, -0.15) is 0 Å². The number of Topliss-reactive ketones (excluding diaryl/α,β-unsaturated/α-hetero) is 4. The fourth-order valence-electron chi connectivity index (χ4n) is 15.5. The van der Waals surface area contributed by atoms with Crippen LogP contribution in [0.3, 0.4) is 0 Å². The molecular formula is C78H97N3O23. The maximum absolute atomic E-state index is 16.2. The van der Waals surface area contributed by atoms with Gasteiger partial charge >= 0.3 is 30.1 Å². The molecule has 2 saturated carbocycles. The van der Waals surface area contributed by atoms with Crippen molar-refractivity contribution in [3.8, 4) is 11.5 Å². The molecule has 4 aromatic rings. The topological polar surface area (TPSA) is 373 Å². The SMILES string of the molecule is CCC(C)(C)C(=O)C(=O)C1CCCCN1C(=O)OC(CCc1ccc(OC)c(OC)c1)c1cccc(NC(=O)C(O)C(O)C(=O)O[C@H]2C[C@H]3OC[C@@]3(OC(C)=O)[C@H]3[C@H](OC(=O)c4ccccc4)[C@]4(O)C[C@H](CC(=O)[C@H](O)[C@@H](NC(=O)OC(C)(C)C)c5ccccc5)C(C)=C([C@@H](O)C(=O)[C@]23C)C4(C)C)c1. The first-order valence-corrected chi connectivity index (χ1v) is 35.1. The highest BCUT2D eigenvalue weighted by atomic mass is 16.6. The van der Waals surface area contributed by atoms with Gasteiger partial charge in [0.2, 0.25) is 11.6 Å². The van der Waals surface area contributed by atoms with Gasteiger partial charge in [-0.05, 0) is 144 Å². The lowest BCUT2D eigenvalue weighted by molar-refractivity contribution is -0.346. The fraction of sp³-hybridized carbons (Fsp3) is 0.538. The standard InChI is InChI=1S/C78H97N3O23/c1-14-74(7,8)65(89)59(84)50-30-21-22-35-81(50)72(95)100-52(33-31-44-32-34-53(97-12)54(36-44)98-13)47-28-23-29-49(37-47)79-68(91)62(87)63(88)70(93)101-55-39-56-77(41-99-56,103-43(3)82)64-67(102-69(92)46-26-19-16-20-27-46)78(96)40-48(42(2)57(75(78,9)10)61(86)66(90)76(55,64)11)38-51(83)60(85)58(45-24-17-15-18-25-45)80-71(94)104-73(4,5)6/h15-20,23-29,32,34,36-37,48,50,52,55-56,58,60-64,67,85-88,96H,14,21-22,30-31,33,35,38-41H2,1-13H3,(H,79,91)(H,80,94)/t48-,50?,52?,55-,56+,58-,60-,61+,62?,63?,64-,67-,76+,77-,78+/m0/s1.